The fourth-order valence-corrected chi connectivity index (χ4v) is 5.28. The van der Waals surface area contributed by atoms with Crippen LogP contribution in [0.2, 0.25) is 0 Å². The molecule has 1 aliphatic heterocycles. The van der Waals surface area contributed by atoms with Gasteiger partial charge in [-0.25, -0.2) is 4.68 Å². The van der Waals surface area contributed by atoms with E-state index >= 15 is 0 Å². The highest BCUT2D eigenvalue weighted by Gasteiger charge is 2.44. The number of nitrogens with zero attached hydrogens (tertiary/aromatic N) is 4. The molecule has 4 aliphatic rings. The molecule has 0 aromatic carbocycles. The number of rotatable bonds is 7. The molecule has 3 aliphatic carbocycles. The molecule has 6 rings (SSSR count). The van der Waals surface area contributed by atoms with E-state index in [1.165, 1.54) is 50.0 Å². The first-order valence-electron chi connectivity index (χ1n) is 11.1. The Morgan fingerprint density at radius 2 is 1.96 bits per heavy atom. The third-order valence-corrected chi connectivity index (χ3v) is 7.25. The molecule has 2 aromatic rings. The first-order chi connectivity index (χ1) is 13.8. The number of hydrogen-bond donors (Lipinski definition) is 0. The Morgan fingerprint density at radius 1 is 1.11 bits per heavy atom. The minimum Gasteiger partial charge on any atom is -0.472 e. The van der Waals surface area contributed by atoms with Gasteiger partial charge in [-0.15, -0.1) is 5.10 Å². The van der Waals surface area contributed by atoms with Crippen LogP contribution in [0.1, 0.15) is 61.7 Å². The summed E-state index contributed by atoms with van der Waals surface area (Å²) < 4.78 is 13.9. The van der Waals surface area contributed by atoms with Crippen LogP contribution in [-0.2, 0) is 11.3 Å². The fourth-order valence-electron chi connectivity index (χ4n) is 5.28. The van der Waals surface area contributed by atoms with Crippen LogP contribution in [0.15, 0.2) is 29.2 Å². The van der Waals surface area contributed by atoms with Crippen LogP contribution in [0.5, 0.6) is 0 Å². The van der Waals surface area contributed by atoms with Gasteiger partial charge in [0.25, 0.3) is 0 Å². The lowest BCUT2D eigenvalue weighted by molar-refractivity contribution is -0.0375. The summed E-state index contributed by atoms with van der Waals surface area (Å²) in [5.41, 5.74) is 2.47. The van der Waals surface area contributed by atoms with Gasteiger partial charge in [-0.05, 0) is 62.3 Å². The van der Waals surface area contributed by atoms with Gasteiger partial charge in [0.15, 0.2) is 0 Å². The SMILES string of the molecule is c1cc(CN2C[C@H]3C[C@@H](n4cc(C5CC5)nn4)[C@H](OCC4CC4)C[C@H]3C2)co1. The molecular formula is C22H30N4O2. The summed E-state index contributed by atoms with van der Waals surface area (Å²) in [6, 6.07) is 2.43. The molecule has 4 fully saturated rings. The second kappa shape index (κ2) is 6.99. The third kappa shape index (κ3) is 3.52. The number of furan rings is 1. The maximum Gasteiger partial charge on any atom is 0.0947 e. The summed E-state index contributed by atoms with van der Waals surface area (Å²) in [4.78, 5) is 2.59. The molecular weight excluding hydrogens is 352 g/mol. The maximum absolute atomic E-state index is 6.49. The molecule has 0 radical (unpaired) electrons. The number of likely N-dealkylation sites (tertiary alicyclic amines) is 1. The summed E-state index contributed by atoms with van der Waals surface area (Å²) in [5, 5.41) is 9.03. The molecule has 3 saturated carbocycles. The van der Waals surface area contributed by atoms with Gasteiger partial charge >= 0.3 is 0 Å². The van der Waals surface area contributed by atoms with Crippen LogP contribution in [0.25, 0.3) is 0 Å². The fraction of sp³-hybridized carbons (Fsp3) is 0.727. The average Bonchev–Trinajstić information content (AvgIpc) is 3.57. The molecule has 0 N–H and O–H groups in total. The van der Waals surface area contributed by atoms with Crippen LogP contribution in [0.4, 0.5) is 0 Å². The van der Waals surface area contributed by atoms with E-state index in [0.717, 1.165) is 43.7 Å². The smallest absolute Gasteiger partial charge is 0.0947 e. The van der Waals surface area contributed by atoms with Crippen molar-refractivity contribution >= 4 is 0 Å². The second-order valence-electron chi connectivity index (χ2n) is 9.60. The Balaban J connectivity index is 1.17. The number of hydrogen-bond acceptors (Lipinski definition) is 5. The molecule has 2 aromatic heterocycles. The highest BCUT2D eigenvalue weighted by Crippen LogP contribution is 2.44. The molecule has 6 heteroatoms. The van der Waals surface area contributed by atoms with Crippen LogP contribution in [0.3, 0.4) is 0 Å². The zero-order chi connectivity index (χ0) is 18.5. The largest absolute Gasteiger partial charge is 0.472 e. The highest BCUT2D eigenvalue weighted by atomic mass is 16.5. The van der Waals surface area contributed by atoms with E-state index in [-0.39, 0.29) is 6.10 Å². The van der Waals surface area contributed by atoms with Crippen molar-refractivity contribution in [2.45, 2.75) is 63.1 Å². The van der Waals surface area contributed by atoms with Gasteiger partial charge < -0.3 is 9.15 Å². The summed E-state index contributed by atoms with van der Waals surface area (Å²) in [6.45, 7) is 4.28. The predicted molar refractivity (Wildman–Crippen MR) is 104 cm³/mol. The quantitative estimate of drug-likeness (QED) is 0.732. The Bertz CT molecular complexity index is 795. The van der Waals surface area contributed by atoms with Crippen molar-refractivity contribution in [2.75, 3.05) is 19.7 Å². The molecule has 1 saturated heterocycles. The van der Waals surface area contributed by atoms with E-state index in [1.54, 1.807) is 6.26 Å². The Morgan fingerprint density at radius 3 is 2.71 bits per heavy atom. The van der Waals surface area contributed by atoms with E-state index in [2.05, 4.69) is 32.2 Å². The maximum atomic E-state index is 6.49. The molecule has 3 heterocycles. The first-order valence-corrected chi connectivity index (χ1v) is 11.1. The van der Waals surface area contributed by atoms with Crippen LogP contribution < -0.4 is 0 Å². The molecule has 0 amide bonds. The lowest BCUT2D eigenvalue weighted by Crippen LogP contribution is -2.38. The third-order valence-electron chi connectivity index (χ3n) is 7.25. The first kappa shape index (κ1) is 17.2. The number of fused-ring (bicyclic) bond motifs is 1. The van der Waals surface area contributed by atoms with Gasteiger partial charge in [0.2, 0.25) is 0 Å². The normalized spacial score (nSPS) is 33.3. The lowest BCUT2D eigenvalue weighted by atomic mass is 9.77. The summed E-state index contributed by atoms with van der Waals surface area (Å²) in [5.74, 6) is 2.93. The van der Waals surface area contributed by atoms with Crippen molar-refractivity contribution in [1.29, 1.82) is 0 Å². The van der Waals surface area contributed by atoms with Crippen LogP contribution in [0, 0.1) is 17.8 Å². The van der Waals surface area contributed by atoms with E-state index in [0.29, 0.717) is 12.0 Å². The molecule has 28 heavy (non-hydrogen) atoms. The van der Waals surface area contributed by atoms with E-state index in [9.17, 15) is 0 Å². The summed E-state index contributed by atoms with van der Waals surface area (Å²) in [7, 11) is 0. The Labute approximate surface area is 166 Å². The van der Waals surface area contributed by atoms with Gasteiger partial charge in [0.1, 0.15) is 0 Å². The van der Waals surface area contributed by atoms with E-state index in [1.807, 2.05) is 6.26 Å². The van der Waals surface area contributed by atoms with Crippen molar-refractivity contribution in [3.05, 3.63) is 36.0 Å². The topological polar surface area (TPSA) is 56.3 Å². The van der Waals surface area contributed by atoms with E-state index < -0.39 is 0 Å². The highest BCUT2D eigenvalue weighted by molar-refractivity contribution is 5.10. The second-order valence-corrected chi connectivity index (χ2v) is 9.60. The minimum absolute atomic E-state index is 0.282. The van der Waals surface area contributed by atoms with Crippen molar-refractivity contribution in [2.24, 2.45) is 17.8 Å². The van der Waals surface area contributed by atoms with Crippen LogP contribution >= 0.6 is 0 Å². The molecule has 6 nitrogen and oxygen atoms in total. The van der Waals surface area contributed by atoms with Crippen molar-refractivity contribution in [1.82, 2.24) is 19.9 Å². The molecule has 0 spiro atoms. The lowest BCUT2D eigenvalue weighted by Gasteiger charge is -2.37. The standard InChI is InChI=1S/C22H30N4O2/c1-2-15(1)14-28-22-8-19-11-25(9-16-5-6-27-13-16)10-18(19)7-21(22)26-12-20(23-24-26)17-3-4-17/h5-6,12-13,15,17-19,21-22H,1-4,7-11,14H2/t18-,19+,21-,22-/m1/s1. The van der Waals surface area contributed by atoms with Crippen molar-refractivity contribution in [3.63, 3.8) is 0 Å². The molecule has 0 unspecified atom stereocenters. The van der Waals surface area contributed by atoms with Gasteiger partial charge in [0, 0.05) is 43.9 Å². The number of aromatic nitrogens is 3. The minimum atomic E-state index is 0.282. The molecule has 0 bridgehead atoms. The van der Waals surface area contributed by atoms with Gasteiger partial charge in [-0.3, -0.25) is 4.90 Å². The zero-order valence-corrected chi connectivity index (χ0v) is 16.4. The summed E-state index contributed by atoms with van der Waals surface area (Å²) in [6.07, 6.45) is 13.7. The molecule has 150 valence electrons. The monoisotopic (exact) mass is 382 g/mol. The molecule has 4 atom stereocenters. The van der Waals surface area contributed by atoms with Crippen molar-refractivity contribution in [3.8, 4) is 0 Å². The van der Waals surface area contributed by atoms with Gasteiger partial charge in [-0.1, -0.05) is 5.21 Å². The van der Waals surface area contributed by atoms with E-state index in [4.69, 9.17) is 9.15 Å². The van der Waals surface area contributed by atoms with Crippen LogP contribution in [-0.4, -0.2) is 45.7 Å². The Kier molecular flexibility index (Phi) is 4.30. The average molecular weight is 383 g/mol. The van der Waals surface area contributed by atoms with Crippen molar-refractivity contribution < 1.29 is 9.15 Å². The van der Waals surface area contributed by atoms with Gasteiger partial charge in [-0.2, -0.15) is 0 Å². The zero-order valence-electron chi connectivity index (χ0n) is 16.4. The predicted octanol–water partition coefficient (Wildman–Crippen LogP) is 3.63. The Hall–Kier alpha value is -1.66. The number of ether oxygens (including phenoxy) is 1. The summed E-state index contributed by atoms with van der Waals surface area (Å²) >= 11 is 0. The van der Waals surface area contributed by atoms with Gasteiger partial charge in [0.05, 0.1) is 30.4 Å².